The lowest BCUT2D eigenvalue weighted by molar-refractivity contribution is -0.142. The fraction of sp³-hybridized carbons (Fsp3) is 0.297. The van der Waals surface area contributed by atoms with Gasteiger partial charge in [0.25, 0.3) is 6.43 Å². The molecule has 5 aromatic rings. The zero-order chi connectivity index (χ0) is 35.4. The molecule has 0 spiro atoms. The van der Waals surface area contributed by atoms with Crippen LogP contribution in [0.25, 0.3) is 33.4 Å². The highest BCUT2D eigenvalue weighted by Gasteiger charge is 2.24. The SMILES string of the molecule is COC(=O)CC1CCN(Cc2ccc(-c3cccc(-c4cccc(Nc5nc(C(F)F)nc6cc(C=O)cnc56)c4C)c3Cl)nc2OC)CC1. The Bertz CT molecular complexity index is 2060. The first-order chi connectivity index (χ1) is 24.2. The number of carbonyl (C=O) groups excluding carboxylic acids is 2. The summed E-state index contributed by atoms with van der Waals surface area (Å²) in [4.78, 5) is 42.4. The number of nitrogens with zero attached hydrogens (tertiary/aromatic N) is 5. The van der Waals surface area contributed by atoms with E-state index in [2.05, 4.69) is 25.2 Å². The van der Waals surface area contributed by atoms with Crippen LogP contribution in [0.15, 0.2) is 60.8 Å². The maximum Gasteiger partial charge on any atom is 0.305 e. The van der Waals surface area contributed by atoms with Crippen LogP contribution in [0.5, 0.6) is 5.88 Å². The number of anilines is 2. The van der Waals surface area contributed by atoms with Gasteiger partial charge in [-0.05, 0) is 68.1 Å². The molecule has 0 unspecified atom stereocenters. The number of piperidine rings is 1. The third-order valence-corrected chi connectivity index (χ3v) is 9.38. The van der Waals surface area contributed by atoms with Crippen LogP contribution in [-0.4, -0.2) is 64.4 Å². The van der Waals surface area contributed by atoms with Gasteiger partial charge in [0.1, 0.15) is 5.52 Å². The minimum atomic E-state index is -2.92. The van der Waals surface area contributed by atoms with Gasteiger partial charge in [-0.15, -0.1) is 0 Å². The molecule has 0 atom stereocenters. The topological polar surface area (TPSA) is 119 Å². The van der Waals surface area contributed by atoms with Crippen molar-refractivity contribution in [3.8, 4) is 28.3 Å². The molecule has 10 nitrogen and oxygen atoms in total. The molecule has 1 aliphatic rings. The van der Waals surface area contributed by atoms with E-state index < -0.39 is 12.2 Å². The molecular weight excluding hydrogens is 666 g/mol. The van der Waals surface area contributed by atoms with Gasteiger partial charge in [-0.2, -0.15) is 0 Å². The van der Waals surface area contributed by atoms with Gasteiger partial charge in [0.05, 0.1) is 30.5 Å². The van der Waals surface area contributed by atoms with E-state index in [1.54, 1.807) is 13.2 Å². The third kappa shape index (κ3) is 7.41. The highest BCUT2D eigenvalue weighted by Crippen LogP contribution is 2.40. The van der Waals surface area contributed by atoms with Gasteiger partial charge in [0.15, 0.2) is 17.9 Å². The average molecular weight is 701 g/mol. The van der Waals surface area contributed by atoms with E-state index >= 15 is 0 Å². The van der Waals surface area contributed by atoms with Crippen molar-refractivity contribution in [3.05, 3.63) is 88.3 Å². The second-order valence-electron chi connectivity index (χ2n) is 12.1. The Morgan fingerprint density at radius 2 is 1.78 bits per heavy atom. The quantitative estimate of drug-likeness (QED) is 0.107. The van der Waals surface area contributed by atoms with Crippen molar-refractivity contribution in [2.75, 3.05) is 32.6 Å². The Kier molecular flexibility index (Phi) is 10.6. The minimum Gasteiger partial charge on any atom is -0.481 e. The van der Waals surface area contributed by atoms with Crippen molar-refractivity contribution in [2.45, 2.75) is 39.2 Å². The number of methoxy groups -OCH3 is 2. The standard InChI is InChI=1S/C37H35ClF2N6O4/c1-21-25(6-5-9-28(21)42-35-33-30(16-23(20-47)18-41-33)43-36(45-35)34(39)40)26-7-4-8-27(32(26)38)29-11-10-24(37(44-29)50-3)19-46-14-12-22(13-15-46)17-31(48)49-2/h4-11,16,18,20,22,34H,12-15,17,19H2,1-3H3,(H,42,43,45). The number of fused-ring (bicyclic) bond motifs is 1. The molecule has 0 saturated carbocycles. The van der Waals surface area contributed by atoms with Gasteiger partial charge in [-0.3, -0.25) is 14.5 Å². The molecule has 0 bridgehead atoms. The number of ether oxygens (including phenoxy) is 2. The Morgan fingerprint density at radius 1 is 1.04 bits per heavy atom. The van der Waals surface area contributed by atoms with Crippen molar-refractivity contribution in [3.63, 3.8) is 0 Å². The third-order valence-electron chi connectivity index (χ3n) is 8.97. The Labute approximate surface area is 292 Å². The van der Waals surface area contributed by atoms with Crippen molar-refractivity contribution in [1.29, 1.82) is 0 Å². The van der Waals surface area contributed by atoms with Crippen molar-refractivity contribution in [2.24, 2.45) is 5.92 Å². The number of aldehydes is 1. The molecule has 4 heterocycles. The fourth-order valence-corrected chi connectivity index (χ4v) is 6.58. The summed E-state index contributed by atoms with van der Waals surface area (Å²) in [5.41, 5.74) is 5.85. The maximum atomic E-state index is 13.7. The smallest absolute Gasteiger partial charge is 0.305 e. The molecule has 13 heteroatoms. The monoisotopic (exact) mass is 700 g/mol. The first-order valence-corrected chi connectivity index (χ1v) is 16.5. The summed E-state index contributed by atoms with van der Waals surface area (Å²) in [6.07, 6.45) is 1.29. The van der Waals surface area contributed by atoms with Crippen LogP contribution < -0.4 is 10.1 Å². The number of likely N-dealkylation sites (tertiary alicyclic amines) is 1. The summed E-state index contributed by atoms with van der Waals surface area (Å²) < 4.78 is 38.0. The maximum absolute atomic E-state index is 13.7. The van der Waals surface area contributed by atoms with Gasteiger partial charge in [0.2, 0.25) is 5.88 Å². The minimum absolute atomic E-state index is 0.0878. The number of rotatable bonds is 11. The molecule has 258 valence electrons. The highest BCUT2D eigenvalue weighted by atomic mass is 35.5. The van der Waals surface area contributed by atoms with E-state index in [0.717, 1.165) is 48.2 Å². The number of hydrogen-bond acceptors (Lipinski definition) is 10. The van der Waals surface area contributed by atoms with Crippen molar-refractivity contribution in [1.82, 2.24) is 24.8 Å². The molecule has 2 aromatic carbocycles. The van der Waals surface area contributed by atoms with Crippen LogP contribution >= 0.6 is 11.6 Å². The van der Waals surface area contributed by atoms with E-state index in [1.165, 1.54) is 19.4 Å². The number of aromatic nitrogens is 4. The number of carbonyl (C=O) groups is 2. The highest BCUT2D eigenvalue weighted by molar-refractivity contribution is 6.36. The normalized spacial score (nSPS) is 13.8. The fourth-order valence-electron chi connectivity index (χ4n) is 6.25. The first kappa shape index (κ1) is 34.8. The Hall–Kier alpha value is -5.07. The summed E-state index contributed by atoms with van der Waals surface area (Å²) in [6.45, 7) is 4.30. The number of benzene rings is 2. The van der Waals surface area contributed by atoms with E-state index in [9.17, 15) is 18.4 Å². The van der Waals surface area contributed by atoms with Crippen LogP contribution in [-0.2, 0) is 16.1 Å². The summed E-state index contributed by atoms with van der Waals surface area (Å²) in [7, 11) is 3.02. The van der Waals surface area contributed by atoms with Crippen LogP contribution in [0.3, 0.4) is 0 Å². The lowest BCUT2D eigenvalue weighted by Gasteiger charge is -2.31. The second-order valence-corrected chi connectivity index (χ2v) is 12.5. The Morgan fingerprint density at radius 3 is 2.50 bits per heavy atom. The molecule has 0 amide bonds. The molecule has 1 saturated heterocycles. The lowest BCUT2D eigenvalue weighted by atomic mass is 9.93. The number of alkyl halides is 2. The number of nitrogens with one attached hydrogen (secondary N) is 1. The first-order valence-electron chi connectivity index (χ1n) is 16.1. The van der Waals surface area contributed by atoms with E-state index in [4.69, 9.17) is 26.1 Å². The van der Waals surface area contributed by atoms with Crippen LogP contribution in [0.4, 0.5) is 20.3 Å². The number of halogens is 3. The molecule has 50 heavy (non-hydrogen) atoms. The van der Waals surface area contributed by atoms with Crippen LogP contribution in [0, 0.1) is 12.8 Å². The number of esters is 1. The predicted molar refractivity (Wildman–Crippen MR) is 187 cm³/mol. The lowest BCUT2D eigenvalue weighted by Crippen LogP contribution is -2.34. The average Bonchev–Trinajstić information content (AvgIpc) is 3.13. The zero-order valence-corrected chi connectivity index (χ0v) is 28.5. The number of pyridine rings is 2. The molecule has 1 fully saturated rings. The van der Waals surface area contributed by atoms with Gasteiger partial charge in [0, 0.05) is 47.1 Å². The summed E-state index contributed by atoms with van der Waals surface area (Å²) in [5.74, 6) is 0.0867. The summed E-state index contributed by atoms with van der Waals surface area (Å²) in [6, 6.07) is 16.6. The molecule has 3 aromatic heterocycles. The number of hydrogen-bond donors (Lipinski definition) is 1. The second kappa shape index (κ2) is 15.2. The van der Waals surface area contributed by atoms with Crippen molar-refractivity contribution < 1.29 is 27.8 Å². The van der Waals surface area contributed by atoms with Gasteiger partial charge < -0.3 is 14.8 Å². The molecule has 1 aliphatic heterocycles. The van der Waals surface area contributed by atoms with E-state index in [1.807, 2.05) is 49.4 Å². The van der Waals surface area contributed by atoms with Gasteiger partial charge >= 0.3 is 5.97 Å². The molecule has 0 aliphatic carbocycles. The molecular formula is C37H35ClF2N6O4. The van der Waals surface area contributed by atoms with E-state index in [-0.39, 0.29) is 28.4 Å². The summed E-state index contributed by atoms with van der Waals surface area (Å²) in [5, 5.41) is 3.64. The molecule has 6 rings (SSSR count). The Balaban J connectivity index is 1.26. The van der Waals surface area contributed by atoms with Crippen molar-refractivity contribution >= 4 is 46.4 Å². The summed E-state index contributed by atoms with van der Waals surface area (Å²) >= 11 is 7.09. The predicted octanol–water partition coefficient (Wildman–Crippen LogP) is 7.99. The van der Waals surface area contributed by atoms with Crippen LogP contribution in [0.1, 0.15) is 53.0 Å². The van der Waals surface area contributed by atoms with E-state index in [0.29, 0.717) is 53.0 Å². The van der Waals surface area contributed by atoms with Gasteiger partial charge in [-0.1, -0.05) is 48.0 Å². The zero-order valence-electron chi connectivity index (χ0n) is 27.8. The largest absolute Gasteiger partial charge is 0.481 e. The van der Waals surface area contributed by atoms with Crippen LogP contribution in [0.2, 0.25) is 5.02 Å². The molecule has 0 radical (unpaired) electrons. The van der Waals surface area contributed by atoms with Gasteiger partial charge in [-0.25, -0.2) is 28.7 Å². The molecule has 1 N–H and O–H groups in total.